The van der Waals surface area contributed by atoms with E-state index in [1.807, 2.05) is 12.1 Å². The highest BCUT2D eigenvalue weighted by Gasteiger charge is 2.57. The van der Waals surface area contributed by atoms with Crippen molar-refractivity contribution in [2.45, 2.75) is 51.5 Å². The van der Waals surface area contributed by atoms with Crippen molar-refractivity contribution in [3.63, 3.8) is 0 Å². The molecule has 2 heterocycles. The Labute approximate surface area is 238 Å². The molecule has 214 valence electrons. The molecule has 1 aliphatic carbocycles. The molecule has 3 aliphatic rings. The van der Waals surface area contributed by atoms with Gasteiger partial charge in [-0.2, -0.15) is 0 Å². The second kappa shape index (κ2) is 12.0. The van der Waals surface area contributed by atoms with Crippen LogP contribution in [0.3, 0.4) is 0 Å². The zero-order valence-electron chi connectivity index (χ0n) is 22.8. The van der Waals surface area contributed by atoms with Crippen LogP contribution in [-0.2, 0) is 14.2 Å². The number of phenolic OH excluding ortho intramolecular Hbond substituents is 1. The number of aromatic hydroxyl groups is 1. The number of carbonyl (C=O) groups excluding carboxylic acids is 2. The first-order valence-corrected chi connectivity index (χ1v) is 14.0. The van der Waals surface area contributed by atoms with Gasteiger partial charge < -0.3 is 19.9 Å². The van der Waals surface area contributed by atoms with E-state index in [0.717, 1.165) is 28.9 Å². The van der Waals surface area contributed by atoms with Crippen molar-refractivity contribution in [3.8, 4) is 5.75 Å². The summed E-state index contributed by atoms with van der Waals surface area (Å²) in [6.45, 7) is 1.79. The summed E-state index contributed by atoms with van der Waals surface area (Å²) in [5.74, 6) is -2.69. The molecule has 2 saturated heterocycles. The Kier molecular flexibility index (Phi) is 8.39. The fraction of sp³-hybridized carbons (Fsp3) is 0.400. The first-order valence-electron chi connectivity index (χ1n) is 14.0. The standard InChI is InChI=1S/C30H33BN2O8/c1-2-4-18(13-19-7-10-23(35)11-8-19)9-12-26-27-20(17-34)14-24-28(25(27)16-31(38)41-26)30(37)32(29(24)36)21-5-3-6-22(15-21)33(39)40/h3,5-8,10-11,13,15,24-26,28,34-35,38H,2,4,9,12,14,16-17H2,1H3/b18-13+/t24-,25+,26-,28-/m1/s1. The fourth-order valence-electron chi connectivity index (χ4n) is 6.62. The van der Waals surface area contributed by atoms with Crippen molar-refractivity contribution in [1.29, 1.82) is 0 Å². The molecule has 5 rings (SSSR count). The van der Waals surface area contributed by atoms with Gasteiger partial charge in [0.2, 0.25) is 11.8 Å². The summed E-state index contributed by atoms with van der Waals surface area (Å²) in [6.07, 6.45) is 4.79. The number of carbonyl (C=O) groups is 2. The van der Waals surface area contributed by atoms with E-state index in [1.165, 1.54) is 29.8 Å². The van der Waals surface area contributed by atoms with Gasteiger partial charge in [-0.05, 0) is 72.8 Å². The zero-order chi connectivity index (χ0) is 29.3. The van der Waals surface area contributed by atoms with E-state index >= 15 is 0 Å². The van der Waals surface area contributed by atoms with E-state index in [1.54, 1.807) is 12.1 Å². The summed E-state index contributed by atoms with van der Waals surface area (Å²) >= 11 is 0. The van der Waals surface area contributed by atoms with Crippen LogP contribution in [0.5, 0.6) is 5.75 Å². The molecule has 2 aromatic rings. The highest BCUT2D eigenvalue weighted by molar-refractivity contribution is 6.43. The summed E-state index contributed by atoms with van der Waals surface area (Å²) in [7, 11) is -1.14. The van der Waals surface area contributed by atoms with Gasteiger partial charge in [-0.15, -0.1) is 0 Å². The number of anilines is 1. The molecule has 2 amide bonds. The molecule has 4 atom stereocenters. The number of aliphatic hydroxyl groups excluding tert-OH is 1. The number of fused-ring (bicyclic) bond motifs is 3. The number of imide groups is 1. The van der Waals surface area contributed by atoms with Crippen LogP contribution in [0.4, 0.5) is 11.4 Å². The minimum absolute atomic E-state index is 0.115. The molecule has 10 nitrogen and oxygen atoms in total. The van der Waals surface area contributed by atoms with Crippen molar-refractivity contribution in [3.05, 3.63) is 80.9 Å². The maximum Gasteiger partial charge on any atom is 0.455 e. The minimum atomic E-state index is -1.14. The number of rotatable bonds is 9. The van der Waals surface area contributed by atoms with Crippen molar-refractivity contribution in [2.24, 2.45) is 17.8 Å². The van der Waals surface area contributed by atoms with Gasteiger partial charge in [0.25, 0.3) is 5.69 Å². The Morgan fingerprint density at radius 2 is 1.90 bits per heavy atom. The van der Waals surface area contributed by atoms with E-state index in [-0.39, 0.29) is 36.5 Å². The average molecular weight is 560 g/mol. The first-order chi connectivity index (χ1) is 19.7. The number of nitro groups is 1. The molecule has 11 heteroatoms. The first kappa shape index (κ1) is 28.7. The Balaban J connectivity index is 1.42. The Hall–Kier alpha value is -3.80. The molecular weight excluding hydrogens is 527 g/mol. The van der Waals surface area contributed by atoms with E-state index in [4.69, 9.17) is 4.65 Å². The molecule has 41 heavy (non-hydrogen) atoms. The number of amides is 2. The third-order valence-electron chi connectivity index (χ3n) is 8.36. The summed E-state index contributed by atoms with van der Waals surface area (Å²) < 4.78 is 5.99. The van der Waals surface area contributed by atoms with E-state index in [2.05, 4.69) is 13.0 Å². The molecule has 2 aromatic carbocycles. The van der Waals surface area contributed by atoms with Crippen LogP contribution >= 0.6 is 0 Å². The van der Waals surface area contributed by atoms with Gasteiger partial charge in [0, 0.05) is 12.1 Å². The Morgan fingerprint density at radius 1 is 1.15 bits per heavy atom. The Bertz CT molecular complexity index is 1410. The number of benzene rings is 2. The van der Waals surface area contributed by atoms with Gasteiger partial charge in [-0.25, -0.2) is 4.90 Å². The highest BCUT2D eigenvalue weighted by Crippen LogP contribution is 2.51. The minimum Gasteiger partial charge on any atom is -0.508 e. The lowest BCUT2D eigenvalue weighted by Crippen LogP contribution is -2.46. The summed E-state index contributed by atoms with van der Waals surface area (Å²) in [4.78, 5) is 39.1. The van der Waals surface area contributed by atoms with Crippen LogP contribution < -0.4 is 4.90 Å². The lowest BCUT2D eigenvalue weighted by atomic mass is 9.58. The van der Waals surface area contributed by atoms with E-state index in [0.29, 0.717) is 18.4 Å². The molecule has 3 N–H and O–H groups in total. The second-order valence-electron chi connectivity index (χ2n) is 10.9. The number of nitro benzene ring substituents is 1. The van der Waals surface area contributed by atoms with Crippen LogP contribution in [0, 0.1) is 27.9 Å². The van der Waals surface area contributed by atoms with E-state index < -0.39 is 47.7 Å². The maximum atomic E-state index is 13.8. The lowest BCUT2D eigenvalue weighted by molar-refractivity contribution is -0.384. The van der Waals surface area contributed by atoms with Gasteiger partial charge in [-0.1, -0.05) is 43.2 Å². The van der Waals surface area contributed by atoms with E-state index in [9.17, 15) is 34.9 Å². The van der Waals surface area contributed by atoms with Crippen LogP contribution in [0.2, 0.25) is 6.32 Å². The molecule has 0 spiro atoms. The topological polar surface area (TPSA) is 150 Å². The van der Waals surface area contributed by atoms with Gasteiger partial charge in [-0.3, -0.25) is 19.7 Å². The number of allylic oxidation sites excluding steroid dienone is 1. The Morgan fingerprint density at radius 3 is 2.59 bits per heavy atom. The van der Waals surface area contributed by atoms with Crippen molar-refractivity contribution < 1.29 is 34.4 Å². The predicted molar refractivity (Wildman–Crippen MR) is 153 cm³/mol. The lowest BCUT2D eigenvalue weighted by Gasteiger charge is -2.43. The van der Waals surface area contributed by atoms with Gasteiger partial charge in [0.1, 0.15) is 5.75 Å². The van der Waals surface area contributed by atoms with Crippen LogP contribution in [0.1, 0.15) is 44.6 Å². The number of nitrogens with zero attached hydrogens (tertiary/aromatic N) is 2. The molecule has 0 aromatic heterocycles. The second-order valence-corrected chi connectivity index (χ2v) is 10.9. The fourth-order valence-corrected chi connectivity index (χ4v) is 6.62. The monoisotopic (exact) mass is 560 g/mol. The zero-order valence-corrected chi connectivity index (χ0v) is 22.8. The molecule has 0 radical (unpaired) electrons. The molecule has 0 saturated carbocycles. The molecular formula is C30H33BN2O8. The molecule has 0 bridgehead atoms. The number of phenols is 1. The molecule has 0 unspecified atom stereocenters. The average Bonchev–Trinajstić information content (AvgIpc) is 3.21. The van der Waals surface area contributed by atoms with Crippen molar-refractivity contribution in [2.75, 3.05) is 11.5 Å². The SMILES string of the molecule is CCC/C(=C\c1ccc(O)cc1)CC[C@H]1OB(O)C[C@H]2C1=C(CO)C[C@H]1C(=O)N(c3cccc([N+](=O)[O-])c3)C(=O)[C@H]12. The number of hydrogen-bond acceptors (Lipinski definition) is 8. The van der Waals surface area contributed by atoms with Gasteiger partial charge in [0.15, 0.2) is 0 Å². The van der Waals surface area contributed by atoms with Gasteiger partial charge >= 0.3 is 7.12 Å². The molecule has 2 fully saturated rings. The summed E-state index contributed by atoms with van der Waals surface area (Å²) in [6, 6.07) is 12.4. The normalized spacial score (nSPS) is 24.5. The number of aliphatic hydroxyl groups is 1. The predicted octanol–water partition coefficient (Wildman–Crippen LogP) is 4.26. The van der Waals surface area contributed by atoms with Crippen LogP contribution in [0.25, 0.3) is 6.08 Å². The number of non-ortho nitro benzene ring substituents is 1. The third kappa shape index (κ3) is 5.70. The van der Waals surface area contributed by atoms with Crippen LogP contribution in [-0.4, -0.2) is 51.8 Å². The largest absolute Gasteiger partial charge is 0.508 e. The third-order valence-corrected chi connectivity index (χ3v) is 8.36. The van der Waals surface area contributed by atoms with Crippen molar-refractivity contribution >= 4 is 36.4 Å². The smallest absolute Gasteiger partial charge is 0.455 e. The number of hydrogen-bond donors (Lipinski definition) is 3. The quantitative estimate of drug-likeness (QED) is 0.135. The highest BCUT2D eigenvalue weighted by atomic mass is 16.6. The summed E-state index contributed by atoms with van der Waals surface area (Å²) in [5, 5.41) is 42.0. The van der Waals surface area contributed by atoms with Crippen LogP contribution in [0.15, 0.2) is 65.3 Å². The van der Waals surface area contributed by atoms with Crippen molar-refractivity contribution in [1.82, 2.24) is 0 Å². The summed E-state index contributed by atoms with van der Waals surface area (Å²) in [5.41, 5.74) is 3.47. The molecule has 2 aliphatic heterocycles. The maximum absolute atomic E-state index is 13.8. The van der Waals surface area contributed by atoms with Gasteiger partial charge in [0.05, 0.1) is 35.2 Å².